The van der Waals surface area contributed by atoms with Crippen molar-refractivity contribution in [1.82, 2.24) is 0 Å². The summed E-state index contributed by atoms with van der Waals surface area (Å²) in [6.45, 7) is 3.19. The van der Waals surface area contributed by atoms with Crippen molar-refractivity contribution in [2.24, 2.45) is 0 Å². The highest BCUT2D eigenvalue weighted by Crippen LogP contribution is 2.13. The van der Waals surface area contributed by atoms with Crippen molar-refractivity contribution in [3.63, 3.8) is 0 Å². The molecule has 0 radical (unpaired) electrons. The number of halogens is 2. The maximum absolute atomic E-state index is 11.3. The molecule has 0 saturated carbocycles. The zero-order chi connectivity index (χ0) is 6.78. The lowest BCUT2D eigenvalue weighted by Crippen LogP contribution is -2.25. The van der Waals surface area contributed by atoms with Crippen molar-refractivity contribution >= 4 is 8.32 Å². The van der Waals surface area contributed by atoms with Crippen molar-refractivity contribution < 1.29 is 13.2 Å². The van der Waals surface area contributed by atoms with Crippen LogP contribution in [0.3, 0.4) is 0 Å². The highest BCUT2D eigenvalue weighted by atomic mass is 28.4. The van der Waals surface area contributed by atoms with Gasteiger partial charge in [-0.1, -0.05) is 0 Å². The van der Waals surface area contributed by atoms with E-state index in [1.165, 1.54) is 0 Å². The Morgan fingerprint density at radius 3 is 1.62 bits per heavy atom. The lowest BCUT2D eigenvalue weighted by atomic mass is 11.5. The molecule has 1 nitrogen and oxygen atoms in total. The van der Waals surface area contributed by atoms with E-state index < -0.39 is 14.9 Å². The Balaban J connectivity index is 3.39. The number of rotatable bonds is 2. The molecule has 0 aromatic heterocycles. The van der Waals surface area contributed by atoms with Crippen LogP contribution in [-0.2, 0) is 4.43 Å². The summed E-state index contributed by atoms with van der Waals surface area (Å²) in [6, 6.07) is 0. The van der Waals surface area contributed by atoms with Crippen LogP contribution < -0.4 is 0 Å². The van der Waals surface area contributed by atoms with Gasteiger partial charge < -0.3 is 0 Å². The second-order valence-electron chi connectivity index (χ2n) is 2.44. The molecule has 0 fully saturated rings. The molecule has 0 N–H and O–H groups in total. The molecule has 0 aromatic carbocycles. The van der Waals surface area contributed by atoms with Gasteiger partial charge in [-0.05, 0) is 19.6 Å². The van der Waals surface area contributed by atoms with Crippen LogP contribution in [0.25, 0.3) is 0 Å². The van der Waals surface area contributed by atoms with Gasteiger partial charge in [0.15, 0.2) is 0 Å². The van der Waals surface area contributed by atoms with Crippen LogP contribution in [0, 0.1) is 6.61 Å². The molecule has 0 bridgehead atoms. The minimum absolute atomic E-state index is 1.70. The molecule has 0 unspecified atom stereocenters. The van der Waals surface area contributed by atoms with Crippen molar-refractivity contribution in [2.75, 3.05) is 0 Å². The Morgan fingerprint density at radius 2 is 1.62 bits per heavy atom. The lowest BCUT2D eigenvalue weighted by Gasteiger charge is -2.03. The SMILES string of the molecule is C[Si](C)(C)O[C+](F)F. The van der Waals surface area contributed by atoms with E-state index in [9.17, 15) is 8.78 Å². The molecule has 0 spiro atoms. The second kappa shape index (κ2) is 2.46. The van der Waals surface area contributed by atoms with Gasteiger partial charge in [-0.2, -0.15) is 4.43 Å². The minimum Gasteiger partial charge on any atom is -0.175 e. The first kappa shape index (κ1) is 7.91. The summed E-state index contributed by atoms with van der Waals surface area (Å²) in [4.78, 5) is 0. The predicted octanol–water partition coefficient (Wildman–Crippen LogP) is 2.22. The summed E-state index contributed by atoms with van der Waals surface area (Å²) >= 11 is 0. The van der Waals surface area contributed by atoms with Crippen LogP contribution in [0.1, 0.15) is 0 Å². The third kappa shape index (κ3) is 5.91. The van der Waals surface area contributed by atoms with E-state index in [-0.39, 0.29) is 0 Å². The van der Waals surface area contributed by atoms with Gasteiger partial charge >= 0.3 is 6.61 Å². The van der Waals surface area contributed by atoms with E-state index in [2.05, 4.69) is 4.43 Å². The van der Waals surface area contributed by atoms with Gasteiger partial charge in [-0.3, -0.25) is 0 Å². The quantitative estimate of drug-likeness (QED) is 0.421. The van der Waals surface area contributed by atoms with E-state index >= 15 is 0 Å². The fourth-order valence-electron chi connectivity index (χ4n) is 0.231. The van der Waals surface area contributed by atoms with Gasteiger partial charge in [0.05, 0.1) is 8.78 Å². The fourth-order valence-corrected chi connectivity index (χ4v) is 0.694. The summed E-state index contributed by atoms with van der Waals surface area (Å²) in [5.41, 5.74) is 0. The third-order valence-electron chi connectivity index (χ3n) is 0.383. The van der Waals surface area contributed by atoms with Crippen LogP contribution in [0.4, 0.5) is 8.78 Å². The first-order valence-corrected chi connectivity index (χ1v) is 5.69. The Morgan fingerprint density at radius 1 is 1.25 bits per heavy atom. The molecule has 0 aromatic rings. The van der Waals surface area contributed by atoms with E-state index in [0.717, 1.165) is 0 Å². The number of hydrogen-bond acceptors (Lipinski definition) is 1. The molecule has 0 aliphatic carbocycles. The minimum atomic E-state index is -2.01. The Kier molecular flexibility index (Phi) is 2.43. The summed E-state index contributed by atoms with van der Waals surface area (Å²) in [5, 5.41) is 0. The monoisotopic (exact) mass is 139 g/mol. The molecule has 0 heterocycles. The van der Waals surface area contributed by atoms with Crippen molar-refractivity contribution in [1.29, 1.82) is 0 Å². The van der Waals surface area contributed by atoms with Gasteiger partial charge in [0.25, 0.3) is 8.32 Å². The molecule has 4 heteroatoms. The average Bonchev–Trinajstić information content (AvgIpc) is 1.21. The van der Waals surface area contributed by atoms with E-state index in [4.69, 9.17) is 0 Å². The molecule has 0 amide bonds. The molecule has 0 aliphatic heterocycles. The standard InChI is InChI=1S/C4H9F2OSi/c1-8(2,3)7-4(5)6/h1-3H3/q+1. The van der Waals surface area contributed by atoms with Crippen LogP contribution in [0.15, 0.2) is 0 Å². The molecule has 0 aliphatic rings. The summed E-state index contributed by atoms with van der Waals surface area (Å²) in [6.07, 6.45) is 0. The summed E-state index contributed by atoms with van der Waals surface area (Å²) in [5.74, 6) is 0. The topological polar surface area (TPSA) is 9.23 Å². The number of hydrogen-bond donors (Lipinski definition) is 0. The molecular formula is C4H9F2OSi+. The first-order valence-electron chi connectivity index (χ1n) is 2.29. The summed E-state index contributed by atoms with van der Waals surface area (Å²) in [7, 11) is -2.01. The van der Waals surface area contributed by atoms with Crippen molar-refractivity contribution in [2.45, 2.75) is 19.6 Å². The van der Waals surface area contributed by atoms with Crippen LogP contribution >= 0.6 is 0 Å². The van der Waals surface area contributed by atoms with Gasteiger partial charge in [0.2, 0.25) is 0 Å². The zero-order valence-electron chi connectivity index (χ0n) is 5.16. The average molecular weight is 139 g/mol. The smallest absolute Gasteiger partial charge is 0.175 e. The zero-order valence-corrected chi connectivity index (χ0v) is 6.16. The van der Waals surface area contributed by atoms with Gasteiger partial charge in [0, 0.05) is 0 Å². The molecule has 48 valence electrons. The Hall–Kier alpha value is -0.0931. The van der Waals surface area contributed by atoms with Gasteiger partial charge in [-0.25, -0.2) is 0 Å². The first-order chi connectivity index (χ1) is 3.42. The lowest BCUT2D eigenvalue weighted by molar-refractivity contribution is 0.0690. The normalized spacial score (nSPS) is 11.6. The summed E-state index contributed by atoms with van der Waals surface area (Å²) < 4.78 is 26.7. The van der Waals surface area contributed by atoms with Crippen LogP contribution in [-0.4, -0.2) is 8.32 Å². The van der Waals surface area contributed by atoms with E-state index in [1.807, 2.05) is 0 Å². The fraction of sp³-hybridized carbons (Fsp3) is 0.750. The maximum Gasteiger partial charge on any atom is 0.663 e. The van der Waals surface area contributed by atoms with Crippen LogP contribution in [0.5, 0.6) is 0 Å². The molecular weight excluding hydrogens is 130 g/mol. The highest BCUT2D eigenvalue weighted by Gasteiger charge is 2.34. The van der Waals surface area contributed by atoms with E-state index in [0.29, 0.717) is 0 Å². The largest absolute Gasteiger partial charge is 0.663 e. The highest BCUT2D eigenvalue weighted by molar-refractivity contribution is 6.69. The molecule has 0 atom stereocenters. The van der Waals surface area contributed by atoms with Gasteiger partial charge in [0.1, 0.15) is 0 Å². The molecule has 8 heavy (non-hydrogen) atoms. The van der Waals surface area contributed by atoms with Crippen molar-refractivity contribution in [3.8, 4) is 0 Å². The predicted molar refractivity (Wildman–Crippen MR) is 29.9 cm³/mol. The molecule has 0 rings (SSSR count). The van der Waals surface area contributed by atoms with Gasteiger partial charge in [-0.15, -0.1) is 0 Å². The second-order valence-corrected chi connectivity index (χ2v) is 6.87. The van der Waals surface area contributed by atoms with Crippen LogP contribution in [0.2, 0.25) is 19.6 Å². The van der Waals surface area contributed by atoms with Crippen molar-refractivity contribution in [3.05, 3.63) is 6.61 Å². The Bertz CT molecular complexity index is 68.9. The van der Waals surface area contributed by atoms with E-state index in [1.54, 1.807) is 19.6 Å². The Labute approximate surface area is 48.8 Å². The molecule has 0 saturated heterocycles. The third-order valence-corrected chi connectivity index (χ3v) is 1.15. The maximum atomic E-state index is 11.3.